The van der Waals surface area contributed by atoms with Crippen molar-refractivity contribution in [2.45, 2.75) is 38.8 Å². The lowest BCUT2D eigenvalue weighted by Gasteiger charge is -2.37. The standard InChI is InChI=1S/C23H24N2O3/c1-15(17-9-6-10-17)24(2)21(26)18-11-12-19-20(13-18)23(28)25(22(19)27)14-16-7-4-3-5-8-16/h3-5,7-8,11-13,15,17H,6,9-10,14H2,1-2H3. The largest absolute Gasteiger partial charge is 0.339 e. The Morgan fingerprint density at radius 2 is 1.75 bits per heavy atom. The molecule has 5 heteroatoms. The number of hydrogen-bond donors (Lipinski definition) is 0. The van der Waals surface area contributed by atoms with Crippen molar-refractivity contribution < 1.29 is 14.4 Å². The third-order valence-electron chi connectivity index (χ3n) is 6.16. The first-order valence-electron chi connectivity index (χ1n) is 9.78. The Hall–Kier alpha value is -2.95. The monoisotopic (exact) mass is 376 g/mol. The molecule has 0 bridgehead atoms. The van der Waals surface area contributed by atoms with E-state index in [1.807, 2.05) is 37.4 Å². The van der Waals surface area contributed by atoms with Crippen LogP contribution < -0.4 is 0 Å². The van der Waals surface area contributed by atoms with Crippen LogP contribution in [-0.2, 0) is 6.54 Å². The van der Waals surface area contributed by atoms with Gasteiger partial charge in [-0.1, -0.05) is 36.8 Å². The maximum atomic E-state index is 12.9. The van der Waals surface area contributed by atoms with Gasteiger partial charge in [0.1, 0.15) is 0 Å². The number of amides is 3. The van der Waals surface area contributed by atoms with Crippen LogP contribution in [0.15, 0.2) is 48.5 Å². The summed E-state index contributed by atoms with van der Waals surface area (Å²) in [6, 6.07) is 14.4. The molecule has 1 aliphatic heterocycles. The lowest BCUT2D eigenvalue weighted by molar-refractivity contribution is 0.0626. The summed E-state index contributed by atoms with van der Waals surface area (Å²) in [5, 5.41) is 0. The molecule has 1 aliphatic carbocycles. The van der Waals surface area contributed by atoms with E-state index in [9.17, 15) is 14.4 Å². The Morgan fingerprint density at radius 3 is 2.39 bits per heavy atom. The minimum absolute atomic E-state index is 0.107. The summed E-state index contributed by atoms with van der Waals surface area (Å²) in [5.41, 5.74) is 2.03. The number of carbonyl (C=O) groups excluding carboxylic acids is 3. The van der Waals surface area contributed by atoms with Crippen LogP contribution >= 0.6 is 0 Å². The van der Waals surface area contributed by atoms with Crippen LogP contribution in [0.5, 0.6) is 0 Å². The van der Waals surface area contributed by atoms with E-state index in [-0.39, 0.29) is 30.3 Å². The van der Waals surface area contributed by atoms with E-state index in [1.54, 1.807) is 23.1 Å². The number of hydrogen-bond acceptors (Lipinski definition) is 3. The first-order valence-corrected chi connectivity index (χ1v) is 9.78. The Labute approximate surface area is 164 Å². The summed E-state index contributed by atoms with van der Waals surface area (Å²) >= 11 is 0. The van der Waals surface area contributed by atoms with Crippen molar-refractivity contribution in [3.8, 4) is 0 Å². The zero-order valence-electron chi connectivity index (χ0n) is 16.2. The molecule has 1 atom stereocenters. The van der Waals surface area contributed by atoms with Crippen LogP contribution in [-0.4, -0.2) is 40.6 Å². The van der Waals surface area contributed by atoms with Crippen LogP contribution in [0.2, 0.25) is 0 Å². The van der Waals surface area contributed by atoms with Gasteiger partial charge in [0.05, 0.1) is 17.7 Å². The van der Waals surface area contributed by atoms with Gasteiger partial charge in [0.15, 0.2) is 0 Å². The molecule has 1 fully saturated rings. The second kappa shape index (κ2) is 7.23. The van der Waals surface area contributed by atoms with Crippen LogP contribution in [0, 0.1) is 5.92 Å². The highest BCUT2D eigenvalue weighted by Gasteiger charge is 2.36. The minimum atomic E-state index is -0.340. The van der Waals surface area contributed by atoms with E-state index < -0.39 is 0 Å². The van der Waals surface area contributed by atoms with Gasteiger partial charge in [-0.2, -0.15) is 0 Å². The second-order valence-electron chi connectivity index (χ2n) is 7.79. The van der Waals surface area contributed by atoms with Crippen molar-refractivity contribution >= 4 is 17.7 Å². The van der Waals surface area contributed by atoms with Crippen LogP contribution in [0.1, 0.15) is 62.8 Å². The lowest BCUT2D eigenvalue weighted by atomic mass is 9.80. The first kappa shape index (κ1) is 18.4. The molecule has 3 amide bonds. The highest BCUT2D eigenvalue weighted by atomic mass is 16.2. The van der Waals surface area contributed by atoms with Gasteiger partial charge in [0.2, 0.25) is 0 Å². The fourth-order valence-electron chi connectivity index (χ4n) is 3.96. The van der Waals surface area contributed by atoms with E-state index in [4.69, 9.17) is 0 Å². The fraction of sp³-hybridized carbons (Fsp3) is 0.348. The van der Waals surface area contributed by atoms with Crippen molar-refractivity contribution in [3.63, 3.8) is 0 Å². The quantitative estimate of drug-likeness (QED) is 0.747. The third kappa shape index (κ3) is 3.11. The highest BCUT2D eigenvalue weighted by molar-refractivity contribution is 6.22. The maximum Gasteiger partial charge on any atom is 0.261 e. The van der Waals surface area contributed by atoms with Crippen molar-refractivity contribution in [1.29, 1.82) is 0 Å². The molecule has 0 spiro atoms. The highest BCUT2D eigenvalue weighted by Crippen LogP contribution is 2.32. The number of imide groups is 1. The van der Waals surface area contributed by atoms with Gasteiger partial charge in [-0.25, -0.2) is 0 Å². The molecule has 28 heavy (non-hydrogen) atoms. The van der Waals surface area contributed by atoms with E-state index in [0.29, 0.717) is 22.6 Å². The molecule has 1 saturated carbocycles. The Balaban J connectivity index is 1.55. The summed E-state index contributed by atoms with van der Waals surface area (Å²) in [6.07, 6.45) is 3.54. The summed E-state index contributed by atoms with van der Waals surface area (Å²) < 4.78 is 0. The Kier molecular flexibility index (Phi) is 4.75. The third-order valence-corrected chi connectivity index (χ3v) is 6.16. The molecule has 1 heterocycles. The van der Waals surface area contributed by atoms with E-state index in [2.05, 4.69) is 6.92 Å². The van der Waals surface area contributed by atoms with Crippen LogP contribution in [0.3, 0.4) is 0 Å². The fourth-order valence-corrected chi connectivity index (χ4v) is 3.96. The second-order valence-corrected chi connectivity index (χ2v) is 7.79. The average molecular weight is 376 g/mol. The summed E-state index contributed by atoms with van der Waals surface area (Å²) in [4.78, 5) is 41.4. The summed E-state index contributed by atoms with van der Waals surface area (Å²) in [5.74, 6) is -0.204. The van der Waals surface area contributed by atoms with E-state index in [1.165, 1.54) is 11.3 Å². The van der Waals surface area contributed by atoms with Gasteiger partial charge in [-0.3, -0.25) is 19.3 Å². The number of fused-ring (bicyclic) bond motifs is 1. The molecule has 0 N–H and O–H groups in total. The number of rotatable bonds is 5. The van der Waals surface area contributed by atoms with E-state index >= 15 is 0 Å². The molecular formula is C23H24N2O3. The van der Waals surface area contributed by atoms with Crippen LogP contribution in [0.25, 0.3) is 0 Å². The summed E-state index contributed by atoms with van der Waals surface area (Å²) in [6.45, 7) is 2.31. The van der Waals surface area contributed by atoms with Gasteiger partial charge in [-0.05, 0) is 49.4 Å². The van der Waals surface area contributed by atoms with Gasteiger partial charge in [0.25, 0.3) is 17.7 Å². The van der Waals surface area contributed by atoms with Crippen molar-refractivity contribution in [2.24, 2.45) is 5.92 Å². The predicted octanol–water partition coefficient (Wildman–Crippen LogP) is 3.74. The molecular weight excluding hydrogens is 352 g/mol. The minimum Gasteiger partial charge on any atom is -0.339 e. The maximum absolute atomic E-state index is 12.9. The molecule has 4 rings (SSSR count). The normalized spacial score (nSPS) is 17.3. The topological polar surface area (TPSA) is 57.7 Å². The van der Waals surface area contributed by atoms with Crippen molar-refractivity contribution in [2.75, 3.05) is 7.05 Å². The molecule has 5 nitrogen and oxygen atoms in total. The van der Waals surface area contributed by atoms with Crippen LogP contribution in [0.4, 0.5) is 0 Å². The molecule has 0 radical (unpaired) electrons. The predicted molar refractivity (Wildman–Crippen MR) is 106 cm³/mol. The molecule has 0 aromatic heterocycles. The van der Waals surface area contributed by atoms with Crippen molar-refractivity contribution in [3.05, 3.63) is 70.8 Å². The summed E-state index contributed by atoms with van der Waals surface area (Å²) in [7, 11) is 1.81. The number of nitrogens with zero attached hydrogens (tertiary/aromatic N) is 2. The zero-order valence-corrected chi connectivity index (χ0v) is 16.2. The van der Waals surface area contributed by atoms with E-state index in [0.717, 1.165) is 18.4 Å². The Bertz CT molecular complexity index is 934. The van der Waals surface area contributed by atoms with Gasteiger partial charge >= 0.3 is 0 Å². The SMILES string of the molecule is CC(C1CCC1)N(C)C(=O)c1ccc2c(c1)C(=O)N(Cc1ccccc1)C2=O. The zero-order chi connectivity index (χ0) is 19.8. The molecule has 2 aromatic rings. The molecule has 2 aromatic carbocycles. The first-order chi connectivity index (χ1) is 13.5. The van der Waals surface area contributed by atoms with Gasteiger partial charge in [0, 0.05) is 18.7 Å². The van der Waals surface area contributed by atoms with Gasteiger partial charge in [-0.15, -0.1) is 0 Å². The smallest absolute Gasteiger partial charge is 0.261 e. The Morgan fingerprint density at radius 1 is 1.07 bits per heavy atom. The van der Waals surface area contributed by atoms with Gasteiger partial charge < -0.3 is 4.90 Å². The lowest BCUT2D eigenvalue weighted by Crippen LogP contribution is -2.42. The number of benzene rings is 2. The molecule has 0 saturated heterocycles. The molecule has 1 unspecified atom stereocenters. The average Bonchev–Trinajstić information content (AvgIpc) is 2.90. The number of carbonyl (C=O) groups is 3. The molecule has 144 valence electrons. The molecule has 2 aliphatic rings. The van der Waals surface area contributed by atoms with Crippen molar-refractivity contribution in [1.82, 2.24) is 9.80 Å².